The Balaban J connectivity index is 2.45. The maximum absolute atomic E-state index is 10.9. The molecule has 1 aliphatic carbocycles. The average Bonchev–Trinajstić information content (AvgIpc) is 2.89. The number of rotatable bonds is 9. The van der Waals surface area contributed by atoms with Crippen molar-refractivity contribution in [3.63, 3.8) is 0 Å². The molecule has 1 saturated carbocycles. The summed E-state index contributed by atoms with van der Waals surface area (Å²) in [6.45, 7) is 9.39. The Kier molecular flexibility index (Phi) is 7.21. The van der Waals surface area contributed by atoms with Crippen LogP contribution in [0.15, 0.2) is 0 Å². The topological polar surface area (TPSA) is 92.4 Å². The summed E-state index contributed by atoms with van der Waals surface area (Å²) in [6, 6.07) is -0.663. The van der Waals surface area contributed by atoms with Gasteiger partial charge in [-0.15, -0.1) is 0 Å². The second kappa shape index (κ2) is 8.25. The normalized spacial score (nSPS) is 25.8. The third-order valence-corrected chi connectivity index (χ3v) is 5.18. The Morgan fingerprint density at radius 3 is 2.52 bits per heavy atom. The van der Waals surface area contributed by atoms with Crippen LogP contribution in [0.4, 0.5) is 0 Å². The standard InChI is InChI=1S/C18H34N2O3/c1-17(2,3)15-7-5-6-13(15)8-9-18(4,19)12-20-14(11-21)10-16(22)23/h11,13-15,20H,5-10,12,19H2,1-4H3,(H,22,23)/t13?,14-,15?,18?/m0/s1. The minimum atomic E-state index is -0.979. The van der Waals surface area contributed by atoms with Crippen LogP contribution in [0.1, 0.15) is 66.2 Å². The van der Waals surface area contributed by atoms with Crippen molar-refractivity contribution >= 4 is 12.3 Å². The Morgan fingerprint density at radius 1 is 1.35 bits per heavy atom. The molecule has 0 saturated heterocycles. The summed E-state index contributed by atoms with van der Waals surface area (Å²) >= 11 is 0. The number of nitrogens with two attached hydrogens (primary N) is 1. The Morgan fingerprint density at radius 2 is 2.00 bits per heavy atom. The minimum Gasteiger partial charge on any atom is -0.481 e. The highest BCUT2D eigenvalue weighted by Crippen LogP contribution is 2.45. The van der Waals surface area contributed by atoms with E-state index in [0.29, 0.717) is 18.2 Å². The molecule has 5 heteroatoms. The molecule has 1 rings (SSSR count). The van der Waals surface area contributed by atoms with Crippen LogP contribution in [-0.2, 0) is 9.59 Å². The summed E-state index contributed by atoms with van der Waals surface area (Å²) in [7, 11) is 0. The van der Waals surface area contributed by atoms with Gasteiger partial charge < -0.3 is 21.0 Å². The Bertz CT molecular complexity index is 402. The fourth-order valence-electron chi connectivity index (χ4n) is 3.85. The predicted octanol–water partition coefficient (Wildman–Crippen LogP) is 2.58. The number of aldehydes is 1. The lowest BCUT2D eigenvalue weighted by molar-refractivity contribution is -0.138. The molecule has 0 aromatic rings. The van der Waals surface area contributed by atoms with Gasteiger partial charge in [0, 0.05) is 12.1 Å². The number of hydrogen-bond acceptors (Lipinski definition) is 4. The van der Waals surface area contributed by atoms with Gasteiger partial charge in [0.15, 0.2) is 0 Å². The molecule has 1 aliphatic rings. The number of carbonyl (C=O) groups excluding carboxylic acids is 1. The zero-order chi connectivity index (χ0) is 17.7. The first-order chi connectivity index (χ1) is 10.5. The number of carboxylic acid groups (broad SMARTS) is 1. The van der Waals surface area contributed by atoms with E-state index in [4.69, 9.17) is 10.8 Å². The molecule has 134 valence electrons. The summed E-state index contributed by atoms with van der Waals surface area (Å²) in [5, 5.41) is 11.8. The lowest BCUT2D eigenvalue weighted by Gasteiger charge is -2.34. The summed E-state index contributed by atoms with van der Waals surface area (Å²) in [6.07, 6.45) is 6.32. The lowest BCUT2D eigenvalue weighted by atomic mass is 9.72. The number of hydrogen-bond donors (Lipinski definition) is 3. The van der Waals surface area contributed by atoms with E-state index in [2.05, 4.69) is 26.1 Å². The van der Waals surface area contributed by atoms with Crippen LogP contribution in [0.5, 0.6) is 0 Å². The SMILES string of the molecule is CC(N)(CCC1CCCC1C(C)(C)C)CN[C@H](C=O)CC(=O)O. The molecule has 0 amide bonds. The van der Waals surface area contributed by atoms with Crippen molar-refractivity contribution in [1.82, 2.24) is 5.32 Å². The first-order valence-corrected chi connectivity index (χ1v) is 8.74. The highest BCUT2D eigenvalue weighted by Gasteiger charge is 2.36. The van der Waals surface area contributed by atoms with Crippen molar-refractivity contribution < 1.29 is 14.7 Å². The molecule has 5 nitrogen and oxygen atoms in total. The van der Waals surface area contributed by atoms with Crippen LogP contribution in [0.3, 0.4) is 0 Å². The number of nitrogens with one attached hydrogen (secondary N) is 1. The third-order valence-electron chi connectivity index (χ3n) is 5.18. The number of carbonyl (C=O) groups is 2. The van der Waals surface area contributed by atoms with Gasteiger partial charge in [-0.2, -0.15) is 0 Å². The van der Waals surface area contributed by atoms with Crippen molar-refractivity contribution in [3.8, 4) is 0 Å². The highest BCUT2D eigenvalue weighted by atomic mass is 16.4. The molecule has 0 spiro atoms. The molecule has 0 aromatic heterocycles. The highest BCUT2D eigenvalue weighted by molar-refractivity contribution is 5.73. The van der Waals surface area contributed by atoms with Crippen LogP contribution >= 0.6 is 0 Å². The van der Waals surface area contributed by atoms with Gasteiger partial charge in [0.05, 0.1) is 12.5 Å². The molecule has 3 unspecified atom stereocenters. The molecule has 0 radical (unpaired) electrons. The second-order valence-electron chi connectivity index (χ2n) is 8.58. The van der Waals surface area contributed by atoms with Gasteiger partial charge in [-0.1, -0.05) is 33.6 Å². The molecule has 4 N–H and O–H groups in total. The summed E-state index contributed by atoms with van der Waals surface area (Å²) in [5.74, 6) is 0.493. The van der Waals surface area contributed by atoms with E-state index in [1.54, 1.807) is 0 Å². The minimum absolute atomic E-state index is 0.200. The molecule has 0 heterocycles. The third kappa shape index (κ3) is 7.00. The van der Waals surface area contributed by atoms with Crippen LogP contribution in [-0.4, -0.2) is 35.5 Å². The zero-order valence-corrected chi connectivity index (χ0v) is 15.1. The molecule has 1 fully saturated rings. The van der Waals surface area contributed by atoms with Gasteiger partial charge in [0.1, 0.15) is 6.29 Å². The van der Waals surface area contributed by atoms with Crippen molar-refractivity contribution in [2.75, 3.05) is 6.54 Å². The van der Waals surface area contributed by atoms with Crippen LogP contribution in [0.2, 0.25) is 0 Å². The monoisotopic (exact) mass is 326 g/mol. The van der Waals surface area contributed by atoms with Gasteiger partial charge in [-0.3, -0.25) is 4.79 Å². The first kappa shape index (κ1) is 20.1. The molecule has 0 aliphatic heterocycles. The van der Waals surface area contributed by atoms with E-state index < -0.39 is 17.6 Å². The summed E-state index contributed by atoms with van der Waals surface area (Å²) in [5.41, 5.74) is 6.27. The molecule has 0 bridgehead atoms. The van der Waals surface area contributed by atoms with Gasteiger partial charge in [0.2, 0.25) is 0 Å². The van der Waals surface area contributed by atoms with Gasteiger partial charge in [0.25, 0.3) is 0 Å². The van der Waals surface area contributed by atoms with Crippen molar-refractivity contribution in [3.05, 3.63) is 0 Å². The fraction of sp³-hybridized carbons (Fsp3) is 0.889. The van der Waals surface area contributed by atoms with Gasteiger partial charge in [-0.05, 0) is 43.4 Å². The van der Waals surface area contributed by atoms with E-state index >= 15 is 0 Å². The zero-order valence-electron chi connectivity index (χ0n) is 15.1. The van der Waals surface area contributed by atoms with Crippen LogP contribution in [0.25, 0.3) is 0 Å². The summed E-state index contributed by atoms with van der Waals surface area (Å²) in [4.78, 5) is 21.6. The number of carboxylic acids is 1. The van der Waals surface area contributed by atoms with E-state index in [0.717, 1.165) is 24.7 Å². The largest absolute Gasteiger partial charge is 0.481 e. The van der Waals surface area contributed by atoms with E-state index in [1.165, 1.54) is 19.3 Å². The Labute approximate surface area is 140 Å². The lowest BCUT2D eigenvalue weighted by Crippen LogP contribution is -2.50. The van der Waals surface area contributed by atoms with Crippen LogP contribution in [0, 0.1) is 17.3 Å². The molecule has 23 heavy (non-hydrogen) atoms. The quantitative estimate of drug-likeness (QED) is 0.566. The van der Waals surface area contributed by atoms with Crippen LogP contribution < -0.4 is 11.1 Å². The molecule has 0 aromatic carbocycles. The van der Waals surface area contributed by atoms with E-state index in [9.17, 15) is 9.59 Å². The first-order valence-electron chi connectivity index (χ1n) is 8.74. The number of aliphatic carboxylic acids is 1. The van der Waals surface area contributed by atoms with Crippen molar-refractivity contribution in [2.24, 2.45) is 23.0 Å². The maximum Gasteiger partial charge on any atom is 0.305 e. The van der Waals surface area contributed by atoms with Crippen molar-refractivity contribution in [1.29, 1.82) is 0 Å². The van der Waals surface area contributed by atoms with E-state index in [-0.39, 0.29) is 6.42 Å². The van der Waals surface area contributed by atoms with E-state index in [1.807, 2.05) is 6.92 Å². The Hall–Kier alpha value is -0.940. The molecule has 4 atom stereocenters. The summed E-state index contributed by atoms with van der Waals surface area (Å²) < 4.78 is 0. The second-order valence-corrected chi connectivity index (χ2v) is 8.58. The van der Waals surface area contributed by atoms with Gasteiger partial charge >= 0.3 is 5.97 Å². The molecular formula is C18H34N2O3. The average molecular weight is 326 g/mol. The van der Waals surface area contributed by atoms with Crippen molar-refractivity contribution in [2.45, 2.75) is 77.8 Å². The molecular weight excluding hydrogens is 292 g/mol. The predicted molar refractivity (Wildman–Crippen MR) is 92.2 cm³/mol. The maximum atomic E-state index is 10.9. The smallest absolute Gasteiger partial charge is 0.305 e. The fourth-order valence-corrected chi connectivity index (χ4v) is 3.85. The van der Waals surface area contributed by atoms with Gasteiger partial charge in [-0.25, -0.2) is 0 Å².